The van der Waals surface area contributed by atoms with Crippen LogP contribution in [-0.2, 0) is 4.74 Å². The van der Waals surface area contributed by atoms with Crippen molar-refractivity contribution in [1.29, 1.82) is 5.26 Å². The number of ether oxygens (including phenoxy) is 1. The van der Waals surface area contributed by atoms with Crippen molar-refractivity contribution >= 4 is 5.69 Å². The lowest BCUT2D eigenvalue weighted by Crippen LogP contribution is -2.31. The molecular weight excluding hydrogens is 250 g/mol. The molecule has 1 aromatic carbocycles. The molecule has 1 aliphatic heterocycles. The largest absolute Gasteiger partial charge is 0.381 e. The van der Waals surface area contributed by atoms with Crippen LogP contribution in [0.5, 0.6) is 0 Å². The summed E-state index contributed by atoms with van der Waals surface area (Å²) in [5.74, 6) is -1.71. The number of nitriles is 1. The second kappa shape index (κ2) is 5.98. The van der Waals surface area contributed by atoms with E-state index in [-0.39, 0.29) is 11.3 Å². The highest BCUT2D eigenvalue weighted by Gasteiger charge is 2.20. The van der Waals surface area contributed by atoms with Gasteiger partial charge in [0.1, 0.15) is 6.07 Å². The Morgan fingerprint density at radius 1 is 1.42 bits per heavy atom. The van der Waals surface area contributed by atoms with Crippen LogP contribution in [0.25, 0.3) is 0 Å². The zero-order valence-corrected chi connectivity index (χ0v) is 10.8. The Bertz CT molecular complexity index is 493. The molecule has 0 N–H and O–H groups in total. The molecule has 102 valence electrons. The number of benzene rings is 1. The number of rotatable bonds is 3. The van der Waals surface area contributed by atoms with E-state index in [0.717, 1.165) is 19.4 Å². The number of nitrogens with zero attached hydrogens (tertiary/aromatic N) is 2. The first-order chi connectivity index (χ1) is 9.13. The Labute approximate surface area is 111 Å². The average Bonchev–Trinajstić information content (AvgIpc) is 2.42. The van der Waals surface area contributed by atoms with Crippen molar-refractivity contribution < 1.29 is 13.5 Å². The second-order valence-corrected chi connectivity index (χ2v) is 4.84. The fourth-order valence-corrected chi connectivity index (χ4v) is 2.36. The Morgan fingerprint density at radius 3 is 2.84 bits per heavy atom. The average molecular weight is 266 g/mol. The van der Waals surface area contributed by atoms with Gasteiger partial charge in [0.05, 0.1) is 17.9 Å². The van der Waals surface area contributed by atoms with E-state index in [1.807, 2.05) is 0 Å². The summed E-state index contributed by atoms with van der Waals surface area (Å²) in [7, 11) is 1.72. The van der Waals surface area contributed by atoms with Crippen molar-refractivity contribution in [3.63, 3.8) is 0 Å². The lowest BCUT2D eigenvalue weighted by molar-refractivity contribution is 0.0576. The van der Waals surface area contributed by atoms with Gasteiger partial charge in [-0.2, -0.15) is 5.26 Å². The molecule has 0 aliphatic carbocycles. The maximum absolute atomic E-state index is 13.9. The van der Waals surface area contributed by atoms with Crippen molar-refractivity contribution in [2.45, 2.75) is 12.8 Å². The van der Waals surface area contributed by atoms with E-state index < -0.39 is 11.6 Å². The van der Waals surface area contributed by atoms with Crippen LogP contribution in [0.4, 0.5) is 14.5 Å². The summed E-state index contributed by atoms with van der Waals surface area (Å²) in [4.78, 5) is 1.68. The van der Waals surface area contributed by atoms with Crippen molar-refractivity contribution in [3.05, 3.63) is 29.3 Å². The molecule has 1 heterocycles. The summed E-state index contributed by atoms with van der Waals surface area (Å²) in [6.07, 6.45) is 2.04. The van der Waals surface area contributed by atoms with Gasteiger partial charge < -0.3 is 9.64 Å². The van der Waals surface area contributed by atoms with E-state index in [9.17, 15) is 8.78 Å². The van der Waals surface area contributed by atoms with Gasteiger partial charge in [0.25, 0.3) is 0 Å². The minimum atomic E-state index is -1.08. The molecule has 1 aliphatic rings. The molecule has 0 aromatic heterocycles. The SMILES string of the molecule is CN(CC1CCCOC1)c1ccc(C#N)c(F)c1F. The Morgan fingerprint density at radius 2 is 2.21 bits per heavy atom. The van der Waals surface area contributed by atoms with Crippen LogP contribution >= 0.6 is 0 Å². The Hall–Kier alpha value is -1.67. The van der Waals surface area contributed by atoms with Crippen molar-refractivity contribution in [2.24, 2.45) is 5.92 Å². The van der Waals surface area contributed by atoms with Gasteiger partial charge >= 0.3 is 0 Å². The number of hydrogen-bond donors (Lipinski definition) is 0. The minimum absolute atomic E-state index is 0.182. The van der Waals surface area contributed by atoms with E-state index in [0.29, 0.717) is 19.1 Å². The maximum atomic E-state index is 13.9. The third-order valence-corrected chi connectivity index (χ3v) is 3.38. The van der Waals surface area contributed by atoms with Gasteiger partial charge in [-0.05, 0) is 30.9 Å². The van der Waals surface area contributed by atoms with Crippen LogP contribution < -0.4 is 4.90 Å². The molecule has 0 saturated carbocycles. The molecule has 0 spiro atoms. The van der Waals surface area contributed by atoms with Crippen molar-refractivity contribution in [1.82, 2.24) is 0 Å². The molecule has 1 atom stereocenters. The number of halogens is 2. The van der Waals surface area contributed by atoms with Crippen LogP contribution in [0.15, 0.2) is 12.1 Å². The Kier molecular flexibility index (Phi) is 4.33. The summed E-state index contributed by atoms with van der Waals surface area (Å²) < 4.78 is 32.8. The van der Waals surface area contributed by atoms with Crippen LogP contribution in [0, 0.1) is 28.9 Å². The first-order valence-corrected chi connectivity index (χ1v) is 6.30. The van der Waals surface area contributed by atoms with E-state index in [4.69, 9.17) is 10.00 Å². The highest BCUT2D eigenvalue weighted by atomic mass is 19.2. The minimum Gasteiger partial charge on any atom is -0.381 e. The highest BCUT2D eigenvalue weighted by molar-refractivity contribution is 5.51. The fourth-order valence-electron chi connectivity index (χ4n) is 2.36. The van der Waals surface area contributed by atoms with Crippen molar-refractivity contribution in [2.75, 3.05) is 31.7 Å². The van der Waals surface area contributed by atoms with Gasteiger partial charge in [-0.1, -0.05) is 0 Å². The normalized spacial score (nSPS) is 18.9. The molecule has 1 unspecified atom stereocenters. The maximum Gasteiger partial charge on any atom is 0.183 e. The van der Waals surface area contributed by atoms with Gasteiger partial charge in [-0.25, -0.2) is 8.78 Å². The summed E-state index contributed by atoms with van der Waals surface area (Å²) in [5, 5.41) is 8.65. The third kappa shape index (κ3) is 3.02. The standard InChI is InChI=1S/C14H16F2N2O/c1-18(8-10-3-2-6-19-9-10)12-5-4-11(7-17)13(15)14(12)16/h4-5,10H,2-3,6,8-9H2,1H3. The van der Waals surface area contributed by atoms with Crippen LogP contribution in [0.2, 0.25) is 0 Å². The predicted octanol–water partition coefficient (Wildman–Crippen LogP) is 2.70. The molecule has 2 rings (SSSR count). The monoisotopic (exact) mass is 266 g/mol. The van der Waals surface area contributed by atoms with Crippen LogP contribution in [-0.4, -0.2) is 26.8 Å². The first kappa shape index (κ1) is 13.8. The summed E-state index contributed by atoms with van der Waals surface area (Å²) in [5.41, 5.74) is -0.0854. The third-order valence-electron chi connectivity index (χ3n) is 3.38. The van der Waals surface area contributed by atoms with Gasteiger partial charge in [0.2, 0.25) is 0 Å². The molecule has 0 amide bonds. The van der Waals surface area contributed by atoms with Gasteiger partial charge in [0, 0.05) is 20.2 Å². The van der Waals surface area contributed by atoms with Crippen LogP contribution in [0.3, 0.4) is 0 Å². The summed E-state index contributed by atoms with van der Waals surface area (Å²) in [6.45, 7) is 2.05. The molecular formula is C14H16F2N2O. The predicted molar refractivity (Wildman–Crippen MR) is 67.9 cm³/mol. The molecule has 0 radical (unpaired) electrons. The van der Waals surface area contributed by atoms with Gasteiger partial charge in [0.15, 0.2) is 11.6 Å². The molecule has 0 bridgehead atoms. The van der Waals surface area contributed by atoms with Gasteiger partial charge in [-0.15, -0.1) is 0 Å². The molecule has 19 heavy (non-hydrogen) atoms. The van der Waals surface area contributed by atoms with E-state index in [1.165, 1.54) is 12.1 Å². The van der Waals surface area contributed by atoms with E-state index in [2.05, 4.69) is 0 Å². The molecule has 5 heteroatoms. The lowest BCUT2D eigenvalue weighted by atomic mass is 10.0. The Balaban J connectivity index is 2.12. The van der Waals surface area contributed by atoms with E-state index in [1.54, 1.807) is 18.0 Å². The topological polar surface area (TPSA) is 36.3 Å². The molecule has 1 saturated heterocycles. The molecule has 3 nitrogen and oxygen atoms in total. The smallest absolute Gasteiger partial charge is 0.183 e. The molecule has 1 aromatic rings. The quantitative estimate of drug-likeness (QED) is 0.844. The highest BCUT2D eigenvalue weighted by Crippen LogP contribution is 2.25. The second-order valence-electron chi connectivity index (χ2n) is 4.84. The van der Waals surface area contributed by atoms with E-state index >= 15 is 0 Å². The van der Waals surface area contributed by atoms with Crippen molar-refractivity contribution in [3.8, 4) is 6.07 Å². The van der Waals surface area contributed by atoms with Crippen LogP contribution in [0.1, 0.15) is 18.4 Å². The lowest BCUT2D eigenvalue weighted by Gasteiger charge is -2.28. The zero-order chi connectivity index (χ0) is 13.8. The number of hydrogen-bond acceptors (Lipinski definition) is 3. The molecule has 1 fully saturated rings. The summed E-state index contributed by atoms with van der Waals surface area (Å²) >= 11 is 0. The summed E-state index contributed by atoms with van der Waals surface area (Å²) in [6, 6.07) is 4.38. The zero-order valence-electron chi connectivity index (χ0n) is 10.8. The van der Waals surface area contributed by atoms with Gasteiger partial charge in [-0.3, -0.25) is 0 Å². The fraction of sp³-hybridized carbons (Fsp3) is 0.500. The number of anilines is 1. The first-order valence-electron chi connectivity index (χ1n) is 6.30.